The third-order valence-corrected chi connectivity index (χ3v) is 5.61. The highest BCUT2D eigenvalue weighted by Gasteiger charge is 2.26. The third kappa shape index (κ3) is 5.44. The van der Waals surface area contributed by atoms with E-state index in [0.29, 0.717) is 5.69 Å². The van der Waals surface area contributed by atoms with Crippen LogP contribution in [0, 0.1) is 16.0 Å². The Morgan fingerprint density at radius 3 is 2.42 bits per heavy atom. The molecule has 1 atom stereocenters. The Morgan fingerprint density at radius 2 is 1.87 bits per heavy atom. The van der Waals surface area contributed by atoms with E-state index >= 15 is 0 Å². The van der Waals surface area contributed by atoms with Crippen LogP contribution in [0.4, 0.5) is 11.4 Å². The van der Waals surface area contributed by atoms with Gasteiger partial charge in [-0.15, -0.1) is 11.3 Å². The van der Waals surface area contributed by atoms with Gasteiger partial charge >= 0.3 is 0 Å². The molecule has 0 saturated heterocycles. The van der Waals surface area contributed by atoms with Crippen molar-refractivity contribution >= 4 is 46.1 Å². The lowest BCUT2D eigenvalue weighted by atomic mass is 10.0. The van der Waals surface area contributed by atoms with Gasteiger partial charge in [0.05, 0.1) is 15.5 Å². The number of carbonyl (C=O) groups is 2. The molecule has 0 aliphatic carbocycles. The fourth-order valence-corrected chi connectivity index (χ4v) is 3.74. The van der Waals surface area contributed by atoms with Crippen LogP contribution in [0.5, 0.6) is 0 Å². The summed E-state index contributed by atoms with van der Waals surface area (Å²) in [6.45, 7) is 3.60. The Morgan fingerprint density at radius 1 is 1.16 bits per heavy atom. The second kappa shape index (κ2) is 9.67. The van der Waals surface area contributed by atoms with Crippen molar-refractivity contribution in [2.75, 3.05) is 5.32 Å². The zero-order chi connectivity index (χ0) is 22.5. The fourth-order valence-electron chi connectivity index (χ4n) is 2.84. The molecule has 8 nitrogen and oxygen atoms in total. The Balaban J connectivity index is 1.70. The van der Waals surface area contributed by atoms with Crippen molar-refractivity contribution in [1.29, 1.82) is 0 Å². The number of hydrogen-bond donors (Lipinski definition) is 2. The summed E-state index contributed by atoms with van der Waals surface area (Å²) in [5.41, 5.74) is 1.35. The summed E-state index contributed by atoms with van der Waals surface area (Å²) in [6.07, 6.45) is 1.72. The van der Waals surface area contributed by atoms with Crippen LogP contribution in [0.3, 0.4) is 0 Å². The number of aromatic nitrogens is 1. The molecule has 0 saturated carbocycles. The molecule has 0 bridgehead atoms. The lowest BCUT2D eigenvalue weighted by Crippen LogP contribution is -2.47. The van der Waals surface area contributed by atoms with Crippen LogP contribution in [0.25, 0.3) is 10.6 Å². The van der Waals surface area contributed by atoms with Gasteiger partial charge in [-0.05, 0) is 36.2 Å². The number of rotatable bonds is 7. The lowest BCUT2D eigenvalue weighted by molar-refractivity contribution is -0.384. The van der Waals surface area contributed by atoms with Crippen molar-refractivity contribution in [3.8, 4) is 10.6 Å². The van der Waals surface area contributed by atoms with E-state index in [1.165, 1.54) is 23.5 Å². The molecule has 2 N–H and O–H groups in total. The molecular weight excluding hydrogens is 440 g/mol. The summed E-state index contributed by atoms with van der Waals surface area (Å²) in [5, 5.41) is 19.0. The molecule has 10 heteroatoms. The van der Waals surface area contributed by atoms with Gasteiger partial charge in [0.15, 0.2) is 0 Å². The topological polar surface area (TPSA) is 114 Å². The first-order chi connectivity index (χ1) is 14.8. The van der Waals surface area contributed by atoms with E-state index in [2.05, 4.69) is 15.6 Å². The van der Waals surface area contributed by atoms with Crippen molar-refractivity contribution in [1.82, 2.24) is 10.3 Å². The first-order valence-corrected chi connectivity index (χ1v) is 10.6. The summed E-state index contributed by atoms with van der Waals surface area (Å²) in [6, 6.07) is 9.96. The van der Waals surface area contributed by atoms with E-state index in [9.17, 15) is 19.7 Å². The minimum absolute atomic E-state index is 0.0542. The van der Waals surface area contributed by atoms with Gasteiger partial charge in [0.25, 0.3) is 11.6 Å². The molecule has 1 heterocycles. The number of nitro benzene ring substituents is 1. The number of anilines is 1. The number of nitrogens with one attached hydrogen (secondary N) is 2. The molecule has 0 fully saturated rings. The number of carbonyl (C=O) groups excluding carboxylic acids is 2. The first kappa shape index (κ1) is 22.4. The van der Waals surface area contributed by atoms with Gasteiger partial charge in [-0.2, -0.15) is 0 Å². The number of benzene rings is 2. The predicted molar refractivity (Wildman–Crippen MR) is 120 cm³/mol. The minimum Gasteiger partial charge on any atom is -0.340 e. The monoisotopic (exact) mass is 458 g/mol. The minimum atomic E-state index is -0.836. The van der Waals surface area contributed by atoms with E-state index in [0.717, 1.165) is 16.6 Å². The normalized spacial score (nSPS) is 11.7. The molecule has 2 aromatic carbocycles. The van der Waals surface area contributed by atoms with Crippen LogP contribution in [-0.4, -0.2) is 27.8 Å². The van der Waals surface area contributed by atoms with Crippen LogP contribution in [0.1, 0.15) is 24.2 Å². The average molecular weight is 459 g/mol. The molecule has 0 radical (unpaired) electrons. The first-order valence-electron chi connectivity index (χ1n) is 9.32. The van der Waals surface area contributed by atoms with Gasteiger partial charge < -0.3 is 10.6 Å². The highest BCUT2D eigenvalue weighted by atomic mass is 35.5. The molecule has 160 valence electrons. The van der Waals surface area contributed by atoms with Crippen LogP contribution in [0.15, 0.2) is 54.0 Å². The SMILES string of the molecule is CC(C)C(NC(=O)c1ccc([N+](=O)[O-])cc1Cl)C(=O)Nc1ccc(-c2nccs2)cc1. The highest BCUT2D eigenvalue weighted by Crippen LogP contribution is 2.24. The summed E-state index contributed by atoms with van der Waals surface area (Å²) >= 11 is 7.55. The van der Waals surface area contributed by atoms with Gasteiger partial charge in [-0.25, -0.2) is 4.98 Å². The van der Waals surface area contributed by atoms with E-state index in [1.54, 1.807) is 32.2 Å². The van der Waals surface area contributed by atoms with Crippen LogP contribution in [0.2, 0.25) is 5.02 Å². The largest absolute Gasteiger partial charge is 0.340 e. The van der Waals surface area contributed by atoms with Crippen molar-refractivity contribution in [2.24, 2.45) is 5.92 Å². The smallest absolute Gasteiger partial charge is 0.270 e. The predicted octanol–water partition coefficient (Wildman–Crippen LogP) is 4.76. The van der Waals surface area contributed by atoms with Crippen LogP contribution < -0.4 is 10.6 Å². The molecule has 3 rings (SSSR count). The van der Waals surface area contributed by atoms with Gasteiger partial charge in [0, 0.05) is 35.0 Å². The molecule has 3 aromatic rings. The zero-order valence-corrected chi connectivity index (χ0v) is 18.2. The highest BCUT2D eigenvalue weighted by molar-refractivity contribution is 7.13. The Kier molecular flexibility index (Phi) is 6.98. The Bertz CT molecular complexity index is 1100. The van der Waals surface area contributed by atoms with Gasteiger partial charge in [-0.3, -0.25) is 19.7 Å². The Labute approximate surface area is 187 Å². The maximum Gasteiger partial charge on any atom is 0.270 e. The maximum atomic E-state index is 12.8. The number of thiazole rings is 1. The number of amides is 2. The molecule has 0 aliphatic heterocycles. The van der Waals surface area contributed by atoms with Gasteiger partial charge in [0.2, 0.25) is 5.91 Å². The number of nitrogens with zero attached hydrogens (tertiary/aromatic N) is 2. The van der Waals surface area contributed by atoms with Crippen LogP contribution in [-0.2, 0) is 4.79 Å². The van der Waals surface area contributed by atoms with Crippen molar-refractivity contribution < 1.29 is 14.5 Å². The van der Waals surface area contributed by atoms with Gasteiger partial charge in [0.1, 0.15) is 11.0 Å². The lowest BCUT2D eigenvalue weighted by Gasteiger charge is -2.22. The molecule has 1 unspecified atom stereocenters. The average Bonchev–Trinajstić information content (AvgIpc) is 3.26. The number of hydrogen-bond acceptors (Lipinski definition) is 6. The molecular formula is C21H19ClN4O4S. The summed E-state index contributed by atoms with van der Waals surface area (Å²) in [4.78, 5) is 39.9. The fraction of sp³-hybridized carbons (Fsp3) is 0.190. The van der Waals surface area contributed by atoms with E-state index < -0.39 is 16.9 Å². The molecule has 0 aliphatic rings. The maximum absolute atomic E-state index is 12.8. The summed E-state index contributed by atoms with van der Waals surface area (Å²) in [7, 11) is 0. The van der Waals surface area contributed by atoms with E-state index in [-0.39, 0.29) is 28.1 Å². The molecule has 2 amide bonds. The number of halogens is 1. The van der Waals surface area contributed by atoms with Crippen molar-refractivity contribution in [3.63, 3.8) is 0 Å². The van der Waals surface area contributed by atoms with E-state index in [4.69, 9.17) is 11.6 Å². The molecule has 0 spiro atoms. The Hall–Kier alpha value is -3.30. The number of non-ortho nitro benzene ring substituents is 1. The third-order valence-electron chi connectivity index (χ3n) is 4.48. The zero-order valence-electron chi connectivity index (χ0n) is 16.7. The quantitative estimate of drug-likeness (QED) is 0.391. The second-order valence-electron chi connectivity index (χ2n) is 7.02. The molecule has 31 heavy (non-hydrogen) atoms. The van der Waals surface area contributed by atoms with Gasteiger partial charge in [-0.1, -0.05) is 25.4 Å². The van der Waals surface area contributed by atoms with Crippen molar-refractivity contribution in [2.45, 2.75) is 19.9 Å². The second-order valence-corrected chi connectivity index (χ2v) is 8.32. The van der Waals surface area contributed by atoms with Crippen LogP contribution >= 0.6 is 22.9 Å². The van der Waals surface area contributed by atoms with Crippen molar-refractivity contribution in [3.05, 3.63) is 74.7 Å². The summed E-state index contributed by atoms with van der Waals surface area (Å²) in [5.74, 6) is -1.19. The standard InChI is InChI=1S/C21H19ClN4O4S/c1-12(2)18(25-19(27)16-8-7-15(26(29)30)11-17(16)22)20(28)24-14-5-3-13(4-6-14)21-23-9-10-31-21/h3-12,18H,1-2H3,(H,24,28)(H,25,27). The van der Waals surface area contributed by atoms with E-state index in [1.807, 2.05) is 17.5 Å². The number of nitro groups is 1. The molecule has 1 aromatic heterocycles. The summed E-state index contributed by atoms with van der Waals surface area (Å²) < 4.78 is 0.